The van der Waals surface area contributed by atoms with Crippen LogP contribution < -0.4 is 0 Å². The molecule has 0 unspecified atom stereocenters. The first-order chi connectivity index (χ1) is 5.91. The van der Waals surface area contributed by atoms with Crippen molar-refractivity contribution in [1.29, 1.82) is 0 Å². The van der Waals surface area contributed by atoms with Crippen molar-refractivity contribution in [2.75, 3.05) is 6.54 Å². The molecule has 0 heterocycles. The summed E-state index contributed by atoms with van der Waals surface area (Å²) in [5, 5.41) is 0. The number of hydrogen-bond donors (Lipinski definition) is 0. The lowest BCUT2D eigenvalue weighted by atomic mass is 9.91. The van der Waals surface area contributed by atoms with E-state index in [9.17, 15) is 4.79 Å². The normalized spacial score (nSPS) is 11.5. The Bertz CT molecular complexity index is 155. The SMILES string of the molecule is CCN(C(C)=O)C(C(C)C)C(C)C. The molecule has 0 aromatic rings. The van der Waals surface area contributed by atoms with Crippen LogP contribution >= 0.6 is 0 Å². The molecule has 78 valence electrons. The lowest BCUT2D eigenvalue weighted by molar-refractivity contribution is -0.132. The van der Waals surface area contributed by atoms with Crippen LogP contribution in [-0.2, 0) is 4.79 Å². The van der Waals surface area contributed by atoms with Crippen LogP contribution in [-0.4, -0.2) is 23.4 Å². The van der Waals surface area contributed by atoms with Crippen molar-refractivity contribution in [3.63, 3.8) is 0 Å². The summed E-state index contributed by atoms with van der Waals surface area (Å²) in [6, 6.07) is 0.377. The Labute approximate surface area is 82.3 Å². The molecule has 0 saturated carbocycles. The predicted octanol–water partition coefficient (Wildman–Crippen LogP) is 2.54. The van der Waals surface area contributed by atoms with Gasteiger partial charge in [-0.25, -0.2) is 0 Å². The highest BCUT2D eigenvalue weighted by molar-refractivity contribution is 5.73. The van der Waals surface area contributed by atoms with Crippen LogP contribution in [0, 0.1) is 11.8 Å². The van der Waals surface area contributed by atoms with E-state index >= 15 is 0 Å². The summed E-state index contributed by atoms with van der Waals surface area (Å²) in [4.78, 5) is 13.3. The fraction of sp³-hybridized carbons (Fsp3) is 0.909. The molecule has 0 radical (unpaired) electrons. The van der Waals surface area contributed by atoms with Gasteiger partial charge in [0.05, 0.1) is 0 Å². The van der Waals surface area contributed by atoms with E-state index in [1.165, 1.54) is 0 Å². The molecule has 0 aliphatic carbocycles. The Balaban J connectivity index is 4.59. The average Bonchev–Trinajstić information content (AvgIpc) is 1.97. The van der Waals surface area contributed by atoms with Gasteiger partial charge < -0.3 is 4.90 Å². The molecular formula is C11H23NO. The van der Waals surface area contributed by atoms with Gasteiger partial charge in [0.1, 0.15) is 0 Å². The van der Waals surface area contributed by atoms with Gasteiger partial charge in [0, 0.05) is 19.5 Å². The zero-order valence-electron chi connectivity index (χ0n) is 9.79. The molecule has 0 saturated heterocycles. The smallest absolute Gasteiger partial charge is 0.219 e. The molecule has 0 aliphatic rings. The first-order valence-electron chi connectivity index (χ1n) is 5.19. The first-order valence-corrected chi connectivity index (χ1v) is 5.19. The third-order valence-corrected chi connectivity index (χ3v) is 2.47. The average molecular weight is 185 g/mol. The topological polar surface area (TPSA) is 20.3 Å². The minimum Gasteiger partial charge on any atom is -0.340 e. The molecule has 0 rings (SSSR count). The Morgan fingerprint density at radius 2 is 1.54 bits per heavy atom. The molecule has 0 spiro atoms. The summed E-state index contributed by atoms with van der Waals surface area (Å²) in [6.07, 6.45) is 0. The highest BCUT2D eigenvalue weighted by Crippen LogP contribution is 2.19. The standard InChI is InChI=1S/C11H23NO/c1-7-12(10(6)13)11(8(2)3)9(4)5/h8-9,11H,7H2,1-6H3. The van der Waals surface area contributed by atoms with Crippen LogP contribution in [0.15, 0.2) is 0 Å². The Hall–Kier alpha value is -0.530. The van der Waals surface area contributed by atoms with E-state index < -0.39 is 0 Å². The second-order valence-corrected chi connectivity index (χ2v) is 4.28. The third kappa shape index (κ3) is 3.37. The number of carbonyl (C=O) groups is 1. The van der Waals surface area contributed by atoms with E-state index in [-0.39, 0.29) is 5.91 Å². The van der Waals surface area contributed by atoms with Gasteiger partial charge in [-0.15, -0.1) is 0 Å². The van der Waals surface area contributed by atoms with Gasteiger partial charge in [-0.05, 0) is 18.8 Å². The second-order valence-electron chi connectivity index (χ2n) is 4.28. The van der Waals surface area contributed by atoms with Gasteiger partial charge in [0.25, 0.3) is 0 Å². The van der Waals surface area contributed by atoms with Gasteiger partial charge in [-0.1, -0.05) is 27.7 Å². The maximum Gasteiger partial charge on any atom is 0.219 e. The van der Waals surface area contributed by atoms with Gasteiger partial charge in [-0.3, -0.25) is 4.79 Å². The maximum atomic E-state index is 11.4. The molecule has 0 N–H and O–H groups in total. The quantitative estimate of drug-likeness (QED) is 0.659. The van der Waals surface area contributed by atoms with Crippen molar-refractivity contribution < 1.29 is 4.79 Å². The zero-order chi connectivity index (χ0) is 10.6. The van der Waals surface area contributed by atoms with Gasteiger partial charge in [0.15, 0.2) is 0 Å². The Kier molecular flexibility index (Phi) is 5.04. The second kappa shape index (κ2) is 5.25. The van der Waals surface area contributed by atoms with Crippen molar-refractivity contribution in [3.05, 3.63) is 0 Å². The number of carbonyl (C=O) groups excluding carboxylic acids is 1. The predicted molar refractivity (Wildman–Crippen MR) is 56.5 cm³/mol. The van der Waals surface area contributed by atoms with Crippen LogP contribution in [0.1, 0.15) is 41.5 Å². The number of amides is 1. The van der Waals surface area contributed by atoms with E-state index in [1.807, 2.05) is 11.8 Å². The number of nitrogens with zero attached hydrogens (tertiary/aromatic N) is 1. The molecule has 0 aliphatic heterocycles. The van der Waals surface area contributed by atoms with Crippen LogP contribution in [0.4, 0.5) is 0 Å². The van der Waals surface area contributed by atoms with Gasteiger partial charge in [-0.2, -0.15) is 0 Å². The third-order valence-electron chi connectivity index (χ3n) is 2.47. The molecule has 0 aromatic heterocycles. The summed E-state index contributed by atoms with van der Waals surface area (Å²) in [5.74, 6) is 1.25. The minimum atomic E-state index is 0.190. The van der Waals surface area contributed by atoms with Gasteiger partial charge in [0.2, 0.25) is 5.91 Å². The van der Waals surface area contributed by atoms with Crippen LogP contribution in [0.25, 0.3) is 0 Å². The molecule has 2 nitrogen and oxygen atoms in total. The maximum absolute atomic E-state index is 11.4. The van der Waals surface area contributed by atoms with Crippen LogP contribution in [0.3, 0.4) is 0 Å². The van der Waals surface area contributed by atoms with Gasteiger partial charge >= 0.3 is 0 Å². The summed E-state index contributed by atoms with van der Waals surface area (Å²) < 4.78 is 0. The lowest BCUT2D eigenvalue weighted by Gasteiger charge is -2.36. The van der Waals surface area contributed by atoms with Crippen molar-refractivity contribution in [1.82, 2.24) is 4.90 Å². The molecule has 13 heavy (non-hydrogen) atoms. The Morgan fingerprint density at radius 1 is 1.15 bits per heavy atom. The van der Waals surface area contributed by atoms with Crippen LogP contribution in [0.5, 0.6) is 0 Å². The van der Waals surface area contributed by atoms with Crippen molar-refractivity contribution >= 4 is 5.91 Å². The molecule has 0 atom stereocenters. The van der Waals surface area contributed by atoms with E-state index in [4.69, 9.17) is 0 Å². The summed E-state index contributed by atoms with van der Waals surface area (Å²) >= 11 is 0. The highest BCUT2D eigenvalue weighted by Gasteiger charge is 2.25. The highest BCUT2D eigenvalue weighted by atomic mass is 16.2. The number of hydrogen-bond acceptors (Lipinski definition) is 1. The monoisotopic (exact) mass is 185 g/mol. The van der Waals surface area contributed by atoms with Crippen LogP contribution in [0.2, 0.25) is 0 Å². The fourth-order valence-electron chi connectivity index (χ4n) is 2.13. The lowest BCUT2D eigenvalue weighted by Crippen LogP contribution is -2.45. The molecule has 0 fully saturated rings. The largest absolute Gasteiger partial charge is 0.340 e. The van der Waals surface area contributed by atoms with E-state index in [0.717, 1.165) is 6.54 Å². The molecule has 1 amide bonds. The molecule has 0 bridgehead atoms. The van der Waals surface area contributed by atoms with E-state index in [1.54, 1.807) is 6.92 Å². The summed E-state index contributed by atoms with van der Waals surface area (Å²) in [5.41, 5.74) is 0. The zero-order valence-corrected chi connectivity index (χ0v) is 9.79. The number of rotatable bonds is 4. The van der Waals surface area contributed by atoms with E-state index in [2.05, 4.69) is 27.7 Å². The Morgan fingerprint density at radius 3 is 1.62 bits per heavy atom. The first kappa shape index (κ1) is 12.5. The minimum absolute atomic E-state index is 0.190. The molecule has 0 aromatic carbocycles. The van der Waals surface area contributed by atoms with Crippen molar-refractivity contribution in [2.24, 2.45) is 11.8 Å². The van der Waals surface area contributed by atoms with E-state index in [0.29, 0.717) is 17.9 Å². The van der Waals surface area contributed by atoms with Crippen molar-refractivity contribution in [3.8, 4) is 0 Å². The van der Waals surface area contributed by atoms with Crippen molar-refractivity contribution in [2.45, 2.75) is 47.6 Å². The fourth-order valence-corrected chi connectivity index (χ4v) is 2.13. The summed E-state index contributed by atoms with van der Waals surface area (Å²) in [6.45, 7) is 13.2. The molecule has 2 heteroatoms. The summed E-state index contributed by atoms with van der Waals surface area (Å²) in [7, 11) is 0. The molecular weight excluding hydrogens is 162 g/mol.